The molecule has 1 aromatic rings. The van der Waals surface area contributed by atoms with Gasteiger partial charge in [0.1, 0.15) is 0 Å². The minimum Gasteiger partial charge on any atom is -0.388 e. The lowest BCUT2D eigenvalue weighted by atomic mass is 9.82. The average Bonchev–Trinajstić information content (AvgIpc) is 2.28. The molecule has 2 heteroatoms. The van der Waals surface area contributed by atoms with Gasteiger partial charge in [-0.15, -0.1) is 0 Å². The van der Waals surface area contributed by atoms with Gasteiger partial charge in [0.15, 0.2) is 0 Å². The van der Waals surface area contributed by atoms with Gasteiger partial charge in [0, 0.05) is 18.0 Å². The van der Waals surface area contributed by atoms with E-state index in [9.17, 15) is 5.11 Å². The summed E-state index contributed by atoms with van der Waals surface area (Å²) in [7, 11) is 2.10. The fourth-order valence-electron chi connectivity index (χ4n) is 2.00. The summed E-state index contributed by atoms with van der Waals surface area (Å²) in [4.78, 5) is 2.27. The number of nitrogens with zero attached hydrogens (tertiary/aromatic N) is 1. The predicted octanol–water partition coefficient (Wildman–Crippen LogP) is 3.09. The van der Waals surface area contributed by atoms with Crippen molar-refractivity contribution in [1.82, 2.24) is 4.90 Å². The highest BCUT2D eigenvalue weighted by atomic mass is 16.3. The van der Waals surface area contributed by atoms with Gasteiger partial charge in [-0.25, -0.2) is 0 Å². The molecule has 0 saturated carbocycles. The largest absolute Gasteiger partial charge is 0.388 e. The molecule has 0 aliphatic carbocycles. The van der Waals surface area contributed by atoms with Crippen LogP contribution in [0.2, 0.25) is 0 Å². The van der Waals surface area contributed by atoms with E-state index in [2.05, 4.69) is 39.6 Å². The molecule has 96 valence electrons. The van der Waals surface area contributed by atoms with Crippen LogP contribution in [0.5, 0.6) is 0 Å². The molecular formula is C15H25NO. The van der Waals surface area contributed by atoms with Crippen LogP contribution in [-0.4, -0.2) is 29.6 Å². The maximum atomic E-state index is 10.5. The van der Waals surface area contributed by atoms with Crippen molar-refractivity contribution in [1.29, 1.82) is 0 Å². The van der Waals surface area contributed by atoms with Crippen molar-refractivity contribution in [3.05, 3.63) is 35.9 Å². The minimum atomic E-state index is -0.426. The summed E-state index contributed by atoms with van der Waals surface area (Å²) in [5.74, 6) is 0. The van der Waals surface area contributed by atoms with Crippen molar-refractivity contribution >= 4 is 0 Å². The van der Waals surface area contributed by atoms with E-state index in [4.69, 9.17) is 0 Å². The van der Waals surface area contributed by atoms with Crippen LogP contribution in [0.3, 0.4) is 0 Å². The Hall–Kier alpha value is -0.860. The van der Waals surface area contributed by atoms with Gasteiger partial charge < -0.3 is 10.0 Å². The highest BCUT2D eigenvalue weighted by Crippen LogP contribution is 2.33. The summed E-state index contributed by atoms with van der Waals surface area (Å²) < 4.78 is 0. The molecule has 0 spiro atoms. The van der Waals surface area contributed by atoms with Crippen molar-refractivity contribution in [2.24, 2.45) is 5.41 Å². The summed E-state index contributed by atoms with van der Waals surface area (Å²) >= 11 is 0. The first-order valence-electron chi connectivity index (χ1n) is 6.28. The maximum Gasteiger partial charge on any atom is 0.0853 e. The predicted molar refractivity (Wildman–Crippen MR) is 72.9 cm³/mol. The second kappa shape index (κ2) is 5.65. The van der Waals surface area contributed by atoms with Gasteiger partial charge in [-0.1, -0.05) is 44.2 Å². The van der Waals surface area contributed by atoms with E-state index in [1.54, 1.807) is 0 Å². The van der Waals surface area contributed by atoms with Crippen LogP contribution in [0, 0.1) is 5.41 Å². The van der Waals surface area contributed by atoms with Gasteiger partial charge in [0.05, 0.1) is 6.10 Å². The number of aliphatic hydroxyl groups excluding tert-OH is 1. The van der Waals surface area contributed by atoms with Gasteiger partial charge in [0.25, 0.3) is 0 Å². The Balaban J connectivity index is 2.76. The second-order valence-electron chi connectivity index (χ2n) is 5.81. The Morgan fingerprint density at radius 3 is 2.18 bits per heavy atom. The molecule has 1 unspecified atom stereocenters. The molecule has 0 aliphatic rings. The van der Waals surface area contributed by atoms with E-state index >= 15 is 0 Å². The zero-order chi connectivity index (χ0) is 13.1. The average molecular weight is 235 g/mol. The highest BCUT2D eigenvalue weighted by molar-refractivity contribution is 5.19. The first kappa shape index (κ1) is 14.2. The third-order valence-electron chi connectivity index (χ3n) is 3.39. The van der Waals surface area contributed by atoms with Crippen molar-refractivity contribution in [3.63, 3.8) is 0 Å². The lowest BCUT2D eigenvalue weighted by Crippen LogP contribution is -2.39. The number of hydrogen-bond donors (Lipinski definition) is 1. The minimum absolute atomic E-state index is 0.152. The Bertz CT molecular complexity index is 332. The van der Waals surface area contributed by atoms with Crippen LogP contribution < -0.4 is 0 Å². The molecule has 0 bridgehead atoms. The summed E-state index contributed by atoms with van der Waals surface area (Å²) in [5.41, 5.74) is 0.843. The maximum absolute atomic E-state index is 10.5. The van der Waals surface area contributed by atoms with Gasteiger partial charge in [-0.2, -0.15) is 0 Å². The van der Waals surface area contributed by atoms with E-state index in [0.29, 0.717) is 6.04 Å². The van der Waals surface area contributed by atoms with E-state index in [1.165, 1.54) is 0 Å². The molecule has 1 aromatic carbocycles. The molecule has 0 aromatic heterocycles. The summed E-state index contributed by atoms with van der Waals surface area (Å²) in [6.45, 7) is 9.45. The van der Waals surface area contributed by atoms with Crippen LogP contribution in [0.1, 0.15) is 39.4 Å². The van der Waals surface area contributed by atoms with Crippen LogP contribution in [0.4, 0.5) is 0 Å². The SMILES string of the molecule is CC(C)N(C)CC(C)(C)C(O)c1ccccc1. The molecule has 0 fully saturated rings. The Morgan fingerprint density at radius 2 is 1.71 bits per heavy atom. The van der Waals surface area contributed by atoms with E-state index < -0.39 is 6.10 Å². The molecule has 0 aliphatic heterocycles. The van der Waals surface area contributed by atoms with E-state index in [0.717, 1.165) is 12.1 Å². The Morgan fingerprint density at radius 1 is 1.18 bits per heavy atom. The van der Waals surface area contributed by atoms with Crippen LogP contribution in [0.15, 0.2) is 30.3 Å². The number of aliphatic hydroxyl groups is 1. The zero-order valence-corrected chi connectivity index (χ0v) is 11.6. The van der Waals surface area contributed by atoms with Crippen LogP contribution >= 0.6 is 0 Å². The molecule has 1 N–H and O–H groups in total. The monoisotopic (exact) mass is 235 g/mol. The zero-order valence-electron chi connectivity index (χ0n) is 11.6. The second-order valence-corrected chi connectivity index (χ2v) is 5.81. The first-order valence-corrected chi connectivity index (χ1v) is 6.28. The molecule has 0 amide bonds. The highest BCUT2D eigenvalue weighted by Gasteiger charge is 2.30. The van der Waals surface area contributed by atoms with E-state index in [-0.39, 0.29) is 5.41 Å². The normalized spacial score (nSPS) is 14.4. The summed E-state index contributed by atoms with van der Waals surface area (Å²) in [5, 5.41) is 10.5. The lowest BCUT2D eigenvalue weighted by molar-refractivity contribution is 0.0199. The third-order valence-corrected chi connectivity index (χ3v) is 3.39. The summed E-state index contributed by atoms with van der Waals surface area (Å²) in [6, 6.07) is 10.4. The molecule has 2 nitrogen and oxygen atoms in total. The van der Waals surface area contributed by atoms with E-state index in [1.807, 2.05) is 30.3 Å². The molecule has 1 atom stereocenters. The van der Waals surface area contributed by atoms with Crippen LogP contribution in [0.25, 0.3) is 0 Å². The quantitative estimate of drug-likeness (QED) is 0.847. The van der Waals surface area contributed by atoms with Crippen LogP contribution in [-0.2, 0) is 0 Å². The molecule has 0 heterocycles. The topological polar surface area (TPSA) is 23.5 Å². The first-order chi connectivity index (χ1) is 7.84. The Labute approximate surface area is 105 Å². The van der Waals surface area contributed by atoms with Gasteiger partial charge in [-0.05, 0) is 26.5 Å². The molecule has 0 radical (unpaired) electrons. The van der Waals surface area contributed by atoms with Gasteiger partial charge in [-0.3, -0.25) is 0 Å². The van der Waals surface area contributed by atoms with Crippen molar-refractivity contribution in [2.75, 3.05) is 13.6 Å². The fraction of sp³-hybridized carbons (Fsp3) is 0.600. The van der Waals surface area contributed by atoms with Crippen molar-refractivity contribution in [2.45, 2.75) is 39.8 Å². The molecule has 1 rings (SSSR count). The van der Waals surface area contributed by atoms with Crippen molar-refractivity contribution < 1.29 is 5.11 Å². The standard InChI is InChI=1S/C15H25NO/c1-12(2)16(5)11-15(3,4)14(17)13-9-7-6-8-10-13/h6-10,12,14,17H,11H2,1-5H3. The van der Waals surface area contributed by atoms with Crippen molar-refractivity contribution in [3.8, 4) is 0 Å². The Kier molecular flexibility index (Phi) is 4.72. The van der Waals surface area contributed by atoms with Gasteiger partial charge in [0.2, 0.25) is 0 Å². The molecular weight excluding hydrogens is 210 g/mol. The smallest absolute Gasteiger partial charge is 0.0853 e. The fourth-order valence-corrected chi connectivity index (χ4v) is 2.00. The molecule has 0 saturated heterocycles. The number of benzene rings is 1. The summed E-state index contributed by atoms with van der Waals surface area (Å²) in [6.07, 6.45) is -0.426. The van der Waals surface area contributed by atoms with Gasteiger partial charge >= 0.3 is 0 Å². The third kappa shape index (κ3) is 3.83. The molecule has 17 heavy (non-hydrogen) atoms. The number of rotatable bonds is 5. The lowest BCUT2D eigenvalue weighted by Gasteiger charge is -2.36. The number of hydrogen-bond acceptors (Lipinski definition) is 2.